The van der Waals surface area contributed by atoms with E-state index >= 15 is 0 Å². The summed E-state index contributed by atoms with van der Waals surface area (Å²) in [5, 5.41) is 8.69. The zero-order valence-corrected chi connectivity index (χ0v) is 11.3. The van der Waals surface area contributed by atoms with E-state index in [1.807, 2.05) is 0 Å². The molecule has 7 nitrogen and oxygen atoms in total. The number of amides is 1. The Balaban J connectivity index is 2.14. The zero-order valence-electron chi connectivity index (χ0n) is 10.5. The van der Waals surface area contributed by atoms with E-state index in [-0.39, 0.29) is 11.1 Å². The minimum Gasteiger partial charge on any atom is -0.465 e. The van der Waals surface area contributed by atoms with Crippen LogP contribution in [0.15, 0.2) is 17.4 Å². The number of carboxylic acid groups (broad SMARTS) is 1. The van der Waals surface area contributed by atoms with Gasteiger partial charge in [-0.15, -0.1) is 0 Å². The van der Waals surface area contributed by atoms with Crippen LogP contribution in [0, 0.1) is 0 Å². The number of likely N-dealkylation sites (tertiary alicyclic amines) is 1. The number of aromatic nitrogens is 2. The standard InChI is InChI=1S/C11H15N3O4S/c1-19(17,18)10-12-5-2-9(13-10)8-3-6-14(7-4-8)11(15)16/h2,5,8H,3-4,6-7H2,1H3,(H,15,16). The molecule has 19 heavy (non-hydrogen) atoms. The van der Waals surface area contributed by atoms with Crippen LogP contribution in [0.3, 0.4) is 0 Å². The fraction of sp³-hybridized carbons (Fsp3) is 0.545. The van der Waals surface area contributed by atoms with Crippen LogP contribution in [-0.2, 0) is 9.84 Å². The molecule has 0 unspecified atom stereocenters. The molecule has 0 aromatic carbocycles. The second kappa shape index (κ2) is 5.12. The Bertz CT molecular complexity index is 579. The van der Waals surface area contributed by atoms with Gasteiger partial charge in [0.1, 0.15) is 0 Å². The van der Waals surface area contributed by atoms with Gasteiger partial charge in [0, 0.05) is 37.2 Å². The summed E-state index contributed by atoms with van der Waals surface area (Å²) in [5.41, 5.74) is 0.667. The fourth-order valence-electron chi connectivity index (χ4n) is 2.13. The lowest BCUT2D eigenvalue weighted by Crippen LogP contribution is -2.37. The highest BCUT2D eigenvalue weighted by Gasteiger charge is 2.25. The van der Waals surface area contributed by atoms with Crippen molar-refractivity contribution in [2.45, 2.75) is 23.9 Å². The summed E-state index contributed by atoms with van der Waals surface area (Å²) in [6.45, 7) is 0.885. The SMILES string of the molecule is CS(=O)(=O)c1nccc(C2CCN(C(=O)O)CC2)n1. The smallest absolute Gasteiger partial charge is 0.407 e. The molecule has 1 aromatic heterocycles. The lowest BCUT2D eigenvalue weighted by Gasteiger charge is -2.29. The predicted molar refractivity (Wildman–Crippen MR) is 66.7 cm³/mol. The maximum absolute atomic E-state index is 11.4. The highest BCUT2D eigenvalue weighted by molar-refractivity contribution is 7.90. The monoisotopic (exact) mass is 285 g/mol. The van der Waals surface area contributed by atoms with Gasteiger partial charge in [-0.2, -0.15) is 0 Å². The van der Waals surface area contributed by atoms with E-state index in [1.165, 1.54) is 11.1 Å². The van der Waals surface area contributed by atoms with Crippen molar-refractivity contribution in [2.75, 3.05) is 19.3 Å². The molecule has 1 amide bonds. The number of rotatable bonds is 2. The largest absolute Gasteiger partial charge is 0.465 e. The van der Waals surface area contributed by atoms with Crippen LogP contribution in [-0.4, -0.2) is 53.8 Å². The molecule has 0 atom stereocenters. The van der Waals surface area contributed by atoms with E-state index in [1.54, 1.807) is 6.07 Å². The van der Waals surface area contributed by atoms with Gasteiger partial charge < -0.3 is 10.0 Å². The third kappa shape index (κ3) is 3.19. The van der Waals surface area contributed by atoms with Crippen molar-refractivity contribution in [2.24, 2.45) is 0 Å². The third-order valence-corrected chi connectivity index (χ3v) is 4.03. The van der Waals surface area contributed by atoms with Gasteiger partial charge >= 0.3 is 6.09 Å². The second-order valence-electron chi connectivity index (χ2n) is 4.58. The molecule has 1 aromatic rings. The van der Waals surface area contributed by atoms with Crippen molar-refractivity contribution in [3.63, 3.8) is 0 Å². The van der Waals surface area contributed by atoms with Crippen LogP contribution < -0.4 is 0 Å². The molecule has 0 spiro atoms. The van der Waals surface area contributed by atoms with E-state index in [0.717, 1.165) is 6.26 Å². The van der Waals surface area contributed by atoms with Crippen LogP contribution in [0.25, 0.3) is 0 Å². The summed E-state index contributed by atoms with van der Waals surface area (Å²) >= 11 is 0. The molecular formula is C11H15N3O4S. The van der Waals surface area contributed by atoms with Gasteiger partial charge in [-0.1, -0.05) is 0 Å². The van der Waals surface area contributed by atoms with Crippen molar-refractivity contribution in [1.29, 1.82) is 0 Å². The molecule has 104 valence electrons. The second-order valence-corrected chi connectivity index (χ2v) is 6.49. The molecule has 1 aliphatic heterocycles. The van der Waals surface area contributed by atoms with E-state index in [0.29, 0.717) is 31.6 Å². The molecule has 1 fully saturated rings. The Labute approximate surface area is 111 Å². The Morgan fingerprint density at radius 3 is 2.58 bits per heavy atom. The number of hydrogen-bond donors (Lipinski definition) is 1. The topological polar surface area (TPSA) is 100 Å². The number of piperidine rings is 1. The quantitative estimate of drug-likeness (QED) is 0.804. The summed E-state index contributed by atoms with van der Waals surface area (Å²) in [6, 6.07) is 1.69. The highest BCUT2D eigenvalue weighted by atomic mass is 32.2. The predicted octanol–water partition coefficient (Wildman–Crippen LogP) is 0.738. The molecule has 0 saturated carbocycles. The summed E-state index contributed by atoms with van der Waals surface area (Å²) < 4.78 is 22.8. The van der Waals surface area contributed by atoms with Crippen molar-refractivity contribution < 1.29 is 18.3 Å². The third-order valence-electron chi connectivity index (χ3n) is 3.17. The number of hydrogen-bond acceptors (Lipinski definition) is 5. The molecule has 0 aliphatic carbocycles. The van der Waals surface area contributed by atoms with Crippen LogP contribution in [0.5, 0.6) is 0 Å². The number of nitrogens with zero attached hydrogens (tertiary/aromatic N) is 3. The van der Waals surface area contributed by atoms with E-state index < -0.39 is 15.9 Å². The zero-order chi connectivity index (χ0) is 14.0. The first kappa shape index (κ1) is 13.7. The van der Waals surface area contributed by atoms with Crippen LogP contribution in [0.4, 0.5) is 4.79 Å². The van der Waals surface area contributed by atoms with Crippen molar-refractivity contribution >= 4 is 15.9 Å². The van der Waals surface area contributed by atoms with E-state index in [2.05, 4.69) is 9.97 Å². The van der Waals surface area contributed by atoms with Gasteiger partial charge in [0.25, 0.3) is 0 Å². The maximum Gasteiger partial charge on any atom is 0.407 e. The van der Waals surface area contributed by atoms with Crippen LogP contribution in [0.2, 0.25) is 0 Å². The maximum atomic E-state index is 11.4. The minimum atomic E-state index is -3.41. The summed E-state index contributed by atoms with van der Waals surface area (Å²) in [4.78, 5) is 20.0. The van der Waals surface area contributed by atoms with Gasteiger partial charge in [-0.25, -0.2) is 23.2 Å². The molecule has 1 saturated heterocycles. The average molecular weight is 285 g/mol. The molecule has 2 rings (SSSR count). The Hall–Kier alpha value is -1.70. The highest BCUT2D eigenvalue weighted by Crippen LogP contribution is 2.26. The van der Waals surface area contributed by atoms with Crippen LogP contribution in [0.1, 0.15) is 24.5 Å². The number of sulfone groups is 1. The van der Waals surface area contributed by atoms with Crippen molar-refractivity contribution in [1.82, 2.24) is 14.9 Å². The molecule has 1 N–H and O–H groups in total. The first-order chi connectivity index (χ1) is 8.88. The van der Waals surface area contributed by atoms with Crippen molar-refractivity contribution in [3.05, 3.63) is 18.0 Å². The molecule has 0 radical (unpaired) electrons. The van der Waals surface area contributed by atoms with Gasteiger partial charge in [0.2, 0.25) is 15.0 Å². The lowest BCUT2D eigenvalue weighted by molar-refractivity contribution is 0.131. The van der Waals surface area contributed by atoms with Gasteiger partial charge in [0.15, 0.2) is 0 Å². The van der Waals surface area contributed by atoms with Crippen LogP contribution >= 0.6 is 0 Å². The van der Waals surface area contributed by atoms with Gasteiger partial charge in [0.05, 0.1) is 0 Å². The average Bonchev–Trinajstić information content (AvgIpc) is 2.38. The van der Waals surface area contributed by atoms with E-state index in [9.17, 15) is 13.2 Å². The fourth-order valence-corrected chi connectivity index (χ4v) is 2.65. The first-order valence-electron chi connectivity index (χ1n) is 5.89. The molecule has 0 bridgehead atoms. The summed E-state index contributed by atoms with van der Waals surface area (Å²) in [6.07, 6.45) is 2.87. The normalized spacial score (nSPS) is 17.4. The Morgan fingerprint density at radius 2 is 2.05 bits per heavy atom. The first-order valence-corrected chi connectivity index (χ1v) is 7.78. The minimum absolute atomic E-state index is 0.0825. The molecule has 2 heterocycles. The Kier molecular flexibility index (Phi) is 3.70. The van der Waals surface area contributed by atoms with Gasteiger partial charge in [-0.3, -0.25) is 0 Å². The molecule has 8 heteroatoms. The molecular weight excluding hydrogens is 270 g/mol. The van der Waals surface area contributed by atoms with Crippen molar-refractivity contribution in [3.8, 4) is 0 Å². The molecule has 1 aliphatic rings. The van der Waals surface area contributed by atoms with E-state index in [4.69, 9.17) is 5.11 Å². The lowest BCUT2D eigenvalue weighted by atomic mass is 9.93. The summed E-state index contributed by atoms with van der Waals surface area (Å²) in [7, 11) is -3.41. The Morgan fingerprint density at radius 1 is 1.42 bits per heavy atom. The number of carbonyl (C=O) groups is 1. The van der Waals surface area contributed by atoms with Gasteiger partial charge in [-0.05, 0) is 18.9 Å². The summed E-state index contributed by atoms with van der Waals surface area (Å²) in [5.74, 6) is 0.0825.